The molecule has 1 atom stereocenters. The molecular formula is C17H21NO4. The smallest absolute Gasteiger partial charge is 0.251 e. The van der Waals surface area contributed by atoms with Gasteiger partial charge in [-0.15, -0.1) is 0 Å². The molecule has 0 aliphatic carbocycles. The Morgan fingerprint density at radius 2 is 1.91 bits per heavy atom. The van der Waals surface area contributed by atoms with Gasteiger partial charge in [0.15, 0.2) is 0 Å². The van der Waals surface area contributed by atoms with Gasteiger partial charge in [-0.25, -0.2) is 0 Å². The lowest BCUT2D eigenvalue weighted by molar-refractivity contribution is 0.0514. The Bertz CT molecular complexity index is 680. The summed E-state index contributed by atoms with van der Waals surface area (Å²) in [6.45, 7) is 7.04. The minimum Gasteiger partial charge on any atom is -0.508 e. The predicted octanol–water partition coefficient (Wildman–Crippen LogP) is 2.55. The third-order valence-corrected chi connectivity index (χ3v) is 3.54. The van der Waals surface area contributed by atoms with Crippen molar-refractivity contribution >= 4 is 5.91 Å². The highest BCUT2D eigenvalue weighted by atomic mass is 16.3. The SMILES string of the molecule is Cc1cc(O)cc(C(=O)NCC(C)(O)c2cc(C)oc2C)c1. The molecule has 3 N–H and O–H groups in total. The van der Waals surface area contributed by atoms with Crippen molar-refractivity contribution in [1.29, 1.82) is 0 Å². The van der Waals surface area contributed by atoms with E-state index in [2.05, 4.69) is 5.32 Å². The average molecular weight is 303 g/mol. The van der Waals surface area contributed by atoms with Gasteiger partial charge in [-0.2, -0.15) is 0 Å². The standard InChI is InChI=1S/C17H21NO4/c1-10-5-13(8-14(19)6-10)16(20)18-9-17(4,21)15-7-11(2)22-12(15)3/h5-8,19,21H,9H2,1-4H3,(H,18,20). The predicted molar refractivity (Wildman–Crippen MR) is 82.9 cm³/mol. The molecule has 0 aliphatic rings. The van der Waals surface area contributed by atoms with Gasteiger partial charge in [-0.3, -0.25) is 4.79 Å². The van der Waals surface area contributed by atoms with Crippen molar-refractivity contribution in [2.24, 2.45) is 0 Å². The van der Waals surface area contributed by atoms with Crippen molar-refractivity contribution in [3.8, 4) is 5.75 Å². The summed E-state index contributed by atoms with van der Waals surface area (Å²) >= 11 is 0. The number of amides is 1. The molecule has 0 spiro atoms. The third-order valence-electron chi connectivity index (χ3n) is 3.54. The van der Waals surface area contributed by atoms with Crippen molar-refractivity contribution in [2.45, 2.75) is 33.3 Å². The second-order valence-corrected chi connectivity index (χ2v) is 5.84. The van der Waals surface area contributed by atoms with Crippen LogP contribution in [0.15, 0.2) is 28.7 Å². The Labute approximate surface area is 129 Å². The number of hydrogen-bond acceptors (Lipinski definition) is 4. The lowest BCUT2D eigenvalue weighted by atomic mass is 9.96. The lowest BCUT2D eigenvalue weighted by Gasteiger charge is -2.23. The van der Waals surface area contributed by atoms with Crippen LogP contribution in [-0.4, -0.2) is 22.7 Å². The normalized spacial score (nSPS) is 13.7. The average Bonchev–Trinajstić information content (AvgIpc) is 2.75. The molecule has 0 saturated heterocycles. The molecule has 5 nitrogen and oxygen atoms in total. The summed E-state index contributed by atoms with van der Waals surface area (Å²) in [6.07, 6.45) is 0. The van der Waals surface area contributed by atoms with Crippen LogP contribution in [0.25, 0.3) is 0 Å². The summed E-state index contributed by atoms with van der Waals surface area (Å²) in [5.74, 6) is 1.03. The second kappa shape index (κ2) is 5.85. The lowest BCUT2D eigenvalue weighted by Crippen LogP contribution is -2.38. The molecular weight excluding hydrogens is 282 g/mol. The van der Waals surface area contributed by atoms with Gasteiger partial charge < -0.3 is 19.9 Å². The first-order valence-corrected chi connectivity index (χ1v) is 7.08. The van der Waals surface area contributed by atoms with E-state index in [1.54, 1.807) is 45.9 Å². The van der Waals surface area contributed by atoms with Gasteiger partial charge in [0.05, 0.1) is 6.54 Å². The molecule has 1 amide bonds. The van der Waals surface area contributed by atoms with Gasteiger partial charge in [-0.05, 0) is 57.5 Å². The van der Waals surface area contributed by atoms with Crippen LogP contribution in [0, 0.1) is 20.8 Å². The summed E-state index contributed by atoms with van der Waals surface area (Å²) in [4.78, 5) is 12.2. The van der Waals surface area contributed by atoms with Crippen LogP contribution in [0.5, 0.6) is 5.75 Å². The molecule has 22 heavy (non-hydrogen) atoms. The molecule has 1 aromatic carbocycles. The Morgan fingerprint density at radius 1 is 1.23 bits per heavy atom. The minimum absolute atomic E-state index is 0.0400. The molecule has 2 aromatic rings. The molecule has 1 heterocycles. The van der Waals surface area contributed by atoms with Gasteiger partial charge in [0, 0.05) is 11.1 Å². The number of benzene rings is 1. The molecule has 118 valence electrons. The quantitative estimate of drug-likeness (QED) is 0.810. The molecule has 0 fully saturated rings. The Morgan fingerprint density at radius 3 is 2.45 bits per heavy atom. The highest BCUT2D eigenvalue weighted by Crippen LogP contribution is 2.26. The van der Waals surface area contributed by atoms with Crippen LogP contribution < -0.4 is 5.32 Å². The number of nitrogens with one attached hydrogen (secondary N) is 1. The molecule has 2 rings (SSSR count). The maximum atomic E-state index is 12.2. The first-order chi connectivity index (χ1) is 10.2. The van der Waals surface area contributed by atoms with E-state index >= 15 is 0 Å². The molecule has 1 aromatic heterocycles. The van der Waals surface area contributed by atoms with E-state index in [0.717, 1.165) is 5.56 Å². The van der Waals surface area contributed by atoms with E-state index in [1.165, 1.54) is 6.07 Å². The number of carbonyl (C=O) groups is 1. The molecule has 0 saturated carbocycles. The first kappa shape index (κ1) is 16.1. The van der Waals surface area contributed by atoms with Crippen LogP contribution in [0.2, 0.25) is 0 Å². The summed E-state index contributed by atoms with van der Waals surface area (Å²) < 4.78 is 5.42. The molecule has 0 radical (unpaired) electrons. The second-order valence-electron chi connectivity index (χ2n) is 5.84. The van der Waals surface area contributed by atoms with Crippen LogP contribution in [0.1, 0.15) is 39.9 Å². The molecule has 0 bridgehead atoms. The fourth-order valence-electron chi connectivity index (χ4n) is 2.51. The number of rotatable bonds is 4. The number of aliphatic hydroxyl groups is 1. The molecule has 5 heteroatoms. The number of aryl methyl sites for hydroxylation is 3. The van der Waals surface area contributed by atoms with Crippen molar-refractivity contribution in [3.05, 3.63) is 52.5 Å². The first-order valence-electron chi connectivity index (χ1n) is 7.08. The maximum Gasteiger partial charge on any atom is 0.251 e. The van der Waals surface area contributed by atoms with E-state index in [0.29, 0.717) is 22.6 Å². The Balaban J connectivity index is 2.11. The van der Waals surface area contributed by atoms with E-state index < -0.39 is 5.60 Å². The highest BCUT2D eigenvalue weighted by molar-refractivity contribution is 5.94. The van der Waals surface area contributed by atoms with Crippen LogP contribution >= 0.6 is 0 Å². The van der Waals surface area contributed by atoms with E-state index in [4.69, 9.17) is 4.42 Å². The Hall–Kier alpha value is -2.27. The Kier molecular flexibility index (Phi) is 4.28. The van der Waals surface area contributed by atoms with Crippen molar-refractivity contribution in [1.82, 2.24) is 5.32 Å². The number of furan rings is 1. The van der Waals surface area contributed by atoms with Crippen molar-refractivity contribution in [2.75, 3.05) is 6.54 Å². The summed E-state index contributed by atoms with van der Waals surface area (Å²) in [7, 11) is 0. The summed E-state index contributed by atoms with van der Waals surface area (Å²) in [6, 6.07) is 6.41. The number of aromatic hydroxyl groups is 1. The zero-order valence-corrected chi connectivity index (χ0v) is 13.2. The van der Waals surface area contributed by atoms with Gasteiger partial charge in [0.1, 0.15) is 22.9 Å². The van der Waals surface area contributed by atoms with Gasteiger partial charge in [0.2, 0.25) is 0 Å². The zero-order valence-electron chi connectivity index (χ0n) is 13.2. The molecule has 1 unspecified atom stereocenters. The van der Waals surface area contributed by atoms with Gasteiger partial charge in [0.25, 0.3) is 5.91 Å². The minimum atomic E-state index is -1.23. The van der Waals surface area contributed by atoms with Crippen molar-refractivity contribution < 1.29 is 19.4 Å². The van der Waals surface area contributed by atoms with E-state index in [-0.39, 0.29) is 18.2 Å². The highest BCUT2D eigenvalue weighted by Gasteiger charge is 2.28. The van der Waals surface area contributed by atoms with Crippen LogP contribution in [-0.2, 0) is 5.60 Å². The largest absolute Gasteiger partial charge is 0.508 e. The van der Waals surface area contributed by atoms with Crippen LogP contribution in [0.4, 0.5) is 0 Å². The number of phenols is 1. The summed E-state index contributed by atoms with van der Waals surface area (Å²) in [5, 5.41) is 22.8. The topological polar surface area (TPSA) is 82.7 Å². The maximum absolute atomic E-state index is 12.2. The van der Waals surface area contributed by atoms with Crippen LogP contribution in [0.3, 0.4) is 0 Å². The number of carbonyl (C=O) groups excluding carboxylic acids is 1. The molecule has 0 aliphatic heterocycles. The van der Waals surface area contributed by atoms with E-state index in [1.807, 2.05) is 0 Å². The number of hydrogen-bond donors (Lipinski definition) is 3. The third kappa shape index (κ3) is 3.49. The van der Waals surface area contributed by atoms with Gasteiger partial charge in [-0.1, -0.05) is 0 Å². The van der Waals surface area contributed by atoms with Gasteiger partial charge >= 0.3 is 0 Å². The van der Waals surface area contributed by atoms with Crippen molar-refractivity contribution in [3.63, 3.8) is 0 Å². The number of phenolic OH excluding ortho intramolecular Hbond substituents is 1. The summed E-state index contributed by atoms with van der Waals surface area (Å²) in [5.41, 5.74) is 0.563. The fourth-order valence-corrected chi connectivity index (χ4v) is 2.51. The zero-order chi connectivity index (χ0) is 16.5. The van der Waals surface area contributed by atoms with E-state index in [9.17, 15) is 15.0 Å². The monoisotopic (exact) mass is 303 g/mol. The fraction of sp³-hybridized carbons (Fsp3) is 0.353.